The van der Waals surface area contributed by atoms with Crippen LogP contribution in [0.25, 0.3) is 0 Å². The van der Waals surface area contributed by atoms with Crippen LogP contribution in [0.2, 0.25) is 0 Å². The topological polar surface area (TPSA) is 125 Å². The maximum atomic E-state index is 12.4. The molecule has 1 saturated carbocycles. The van der Waals surface area contributed by atoms with Gasteiger partial charge in [0.05, 0.1) is 31.0 Å². The van der Waals surface area contributed by atoms with Gasteiger partial charge < -0.3 is 15.5 Å². The maximum Gasteiger partial charge on any atom is 0.322 e. The van der Waals surface area contributed by atoms with Gasteiger partial charge >= 0.3 is 6.03 Å². The molecule has 28 heavy (non-hydrogen) atoms. The minimum absolute atomic E-state index is 0.135. The molecule has 0 radical (unpaired) electrons. The van der Waals surface area contributed by atoms with Gasteiger partial charge in [0.25, 0.3) is 5.91 Å². The number of carbonyl (C=O) groups is 4. The third-order valence-electron chi connectivity index (χ3n) is 5.60. The third kappa shape index (κ3) is 3.85. The van der Waals surface area contributed by atoms with E-state index in [-0.39, 0.29) is 30.6 Å². The van der Waals surface area contributed by atoms with E-state index in [0.29, 0.717) is 26.2 Å². The van der Waals surface area contributed by atoms with E-state index in [9.17, 15) is 19.2 Å². The summed E-state index contributed by atoms with van der Waals surface area (Å²) >= 11 is 0. The first-order chi connectivity index (χ1) is 13.5. The third-order valence-corrected chi connectivity index (χ3v) is 5.60. The number of imide groups is 1. The van der Waals surface area contributed by atoms with Gasteiger partial charge in [0.15, 0.2) is 0 Å². The lowest BCUT2D eigenvalue weighted by atomic mass is 9.84. The summed E-state index contributed by atoms with van der Waals surface area (Å²) in [5, 5.41) is 11.9. The average Bonchev–Trinajstić information content (AvgIpc) is 3.17. The molecule has 0 unspecified atom stereocenters. The predicted molar refractivity (Wildman–Crippen MR) is 96.5 cm³/mol. The van der Waals surface area contributed by atoms with Crippen LogP contribution in [0.5, 0.6) is 0 Å². The van der Waals surface area contributed by atoms with Crippen LogP contribution in [0, 0.1) is 5.92 Å². The molecule has 1 aliphatic carbocycles. The standard InChI is InChI=1S/C18H24N6O4/c25-15(5-4-14-16(26)21-18(28)20-14)19-9-12-8-13-10-23(6-7-24(13)22-12)17(27)11-2-1-3-11/h8,11,14H,1-7,9-10H2,(H,19,25)(H2,20,21,26,28)/t14-/m0/s1. The van der Waals surface area contributed by atoms with E-state index in [1.165, 1.54) is 0 Å². The first-order valence-electron chi connectivity index (χ1n) is 9.72. The molecule has 1 aromatic heterocycles. The molecule has 2 fully saturated rings. The highest BCUT2D eigenvalue weighted by Crippen LogP contribution is 2.29. The maximum absolute atomic E-state index is 12.4. The van der Waals surface area contributed by atoms with Crippen LogP contribution in [0.3, 0.4) is 0 Å². The highest BCUT2D eigenvalue weighted by Gasteiger charge is 2.32. The van der Waals surface area contributed by atoms with Crippen molar-refractivity contribution in [3.05, 3.63) is 17.5 Å². The fraction of sp³-hybridized carbons (Fsp3) is 0.611. The van der Waals surface area contributed by atoms with Gasteiger partial charge in [-0.05, 0) is 25.3 Å². The van der Waals surface area contributed by atoms with Crippen molar-refractivity contribution < 1.29 is 19.2 Å². The lowest BCUT2D eigenvalue weighted by Gasteiger charge is -2.34. The Morgan fingerprint density at radius 3 is 2.75 bits per heavy atom. The molecule has 3 N–H and O–H groups in total. The Hall–Kier alpha value is -2.91. The normalized spacial score (nSPS) is 21.6. The average molecular weight is 388 g/mol. The van der Waals surface area contributed by atoms with Crippen molar-refractivity contribution in [3.63, 3.8) is 0 Å². The van der Waals surface area contributed by atoms with Crippen LogP contribution < -0.4 is 16.0 Å². The van der Waals surface area contributed by atoms with Gasteiger partial charge in [0, 0.05) is 18.9 Å². The van der Waals surface area contributed by atoms with Crippen LogP contribution in [-0.4, -0.2) is 51.0 Å². The summed E-state index contributed by atoms with van der Waals surface area (Å²) in [6.45, 7) is 2.19. The molecular formula is C18H24N6O4. The summed E-state index contributed by atoms with van der Waals surface area (Å²) in [6.07, 6.45) is 3.52. The fourth-order valence-corrected chi connectivity index (χ4v) is 3.73. The first kappa shape index (κ1) is 18.5. The van der Waals surface area contributed by atoms with Gasteiger partial charge in [-0.1, -0.05) is 6.42 Å². The van der Waals surface area contributed by atoms with Crippen LogP contribution in [0.4, 0.5) is 4.79 Å². The van der Waals surface area contributed by atoms with E-state index >= 15 is 0 Å². The Bertz CT molecular complexity index is 815. The summed E-state index contributed by atoms with van der Waals surface area (Å²) in [6, 6.07) is 0.742. The smallest absolute Gasteiger partial charge is 0.322 e. The molecule has 0 bridgehead atoms. The Balaban J connectivity index is 1.24. The number of urea groups is 1. The molecule has 0 spiro atoms. The van der Waals surface area contributed by atoms with Crippen molar-refractivity contribution in [2.45, 2.75) is 57.8 Å². The summed E-state index contributed by atoms with van der Waals surface area (Å²) in [7, 11) is 0. The van der Waals surface area contributed by atoms with Crippen molar-refractivity contribution in [1.29, 1.82) is 0 Å². The first-order valence-corrected chi connectivity index (χ1v) is 9.72. The molecule has 10 heteroatoms. The second-order valence-electron chi connectivity index (χ2n) is 7.57. The molecule has 2 aliphatic heterocycles. The summed E-state index contributed by atoms with van der Waals surface area (Å²) in [5.41, 5.74) is 1.72. The number of aromatic nitrogens is 2. The largest absolute Gasteiger partial charge is 0.350 e. The molecule has 3 heterocycles. The van der Waals surface area contributed by atoms with Gasteiger partial charge in [-0.3, -0.25) is 24.4 Å². The Labute approximate surface area is 162 Å². The number of fused-ring (bicyclic) bond motifs is 1. The summed E-state index contributed by atoms with van der Waals surface area (Å²) in [4.78, 5) is 48.9. The number of rotatable bonds is 6. The minimum atomic E-state index is -0.655. The number of carbonyl (C=O) groups excluding carboxylic acids is 4. The van der Waals surface area contributed by atoms with E-state index < -0.39 is 18.0 Å². The molecule has 4 rings (SSSR count). The number of nitrogens with zero attached hydrogens (tertiary/aromatic N) is 3. The number of hydrogen-bond donors (Lipinski definition) is 3. The molecule has 1 saturated heterocycles. The van der Waals surface area contributed by atoms with Crippen LogP contribution in [0.15, 0.2) is 6.07 Å². The quantitative estimate of drug-likeness (QED) is 0.574. The molecule has 1 aromatic rings. The lowest BCUT2D eigenvalue weighted by molar-refractivity contribution is -0.139. The Morgan fingerprint density at radius 1 is 1.25 bits per heavy atom. The SMILES string of the molecule is O=C(CC[C@@H]1NC(=O)NC1=O)NCc1cc2n(n1)CCN(C(=O)C1CCC1)C2. The number of amides is 5. The van der Waals surface area contributed by atoms with Crippen molar-refractivity contribution >= 4 is 23.8 Å². The zero-order valence-electron chi connectivity index (χ0n) is 15.6. The monoisotopic (exact) mass is 388 g/mol. The zero-order valence-corrected chi connectivity index (χ0v) is 15.6. The molecule has 1 atom stereocenters. The van der Waals surface area contributed by atoms with Crippen LogP contribution in [0.1, 0.15) is 43.5 Å². The van der Waals surface area contributed by atoms with Gasteiger partial charge in [-0.15, -0.1) is 0 Å². The van der Waals surface area contributed by atoms with Gasteiger partial charge in [-0.2, -0.15) is 5.10 Å². The molecule has 5 amide bonds. The van der Waals surface area contributed by atoms with Gasteiger partial charge in [0.1, 0.15) is 6.04 Å². The van der Waals surface area contributed by atoms with Crippen LogP contribution >= 0.6 is 0 Å². The van der Waals surface area contributed by atoms with Crippen molar-refractivity contribution in [3.8, 4) is 0 Å². The van der Waals surface area contributed by atoms with E-state index in [4.69, 9.17) is 0 Å². The predicted octanol–water partition coefficient (Wildman–Crippen LogP) is -0.370. The van der Waals surface area contributed by atoms with E-state index in [1.807, 2.05) is 15.6 Å². The van der Waals surface area contributed by atoms with Crippen molar-refractivity contribution in [2.24, 2.45) is 5.92 Å². The van der Waals surface area contributed by atoms with Crippen molar-refractivity contribution in [2.75, 3.05) is 6.54 Å². The zero-order chi connectivity index (χ0) is 19.7. The summed E-state index contributed by atoms with van der Waals surface area (Å²) in [5.74, 6) is -0.168. The lowest BCUT2D eigenvalue weighted by Crippen LogP contribution is -2.43. The highest BCUT2D eigenvalue weighted by molar-refractivity contribution is 6.04. The minimum Gasteiger partial charge on any atom is -0.350 e. The fourth-order valence-electron chi connectivity index (χ4n) is 3.73. The molecular weight excluding hydrogens is 364 g/mol. The highest BCUT2D eigenvalue weighted by atomic mass is 16.2. The van der Waals surface area contributed by atoms with Gasteiger partial charge in [-0.25, -0.2) is 4.79 Å². The van der Waals surface area contributed by atoms with Crippen molar-refractivity contribution in [1.82, 2.24) is 30.6 Å². The number of hydrogen-bond acceptors (Lipinski definition) is 5. The molecule has 3 aliphatic rings. The van der Waals surface area contributed by atoms with E-state index in [0.717, 1.165) is 30.7 Å². The van der Waals surface area contributed by atoms with Gasteiger partial charge in [0.2, 0.25) is 11.8 Å². The Kier molecular flexibility index (Phi) is 5.01. The van der Waals surface area contributed by atoms with E-state index in [2.05, 4.69) is 21.0 Å². The number of nitrogens with one attached hydrogen (secondary N) is 3. The molecule has 10 nitrogen and oxygen atoms in total. The van der Waals surface area contributed by atoms with Crippen LogP contribution in [-0.2, 0) is 34.0 Å². The molecule has 0 aromatic carbocycles. The summed E-state index contributed by atoms with van der Waals surface area (Å²) < 4.78 is 1.89. The Morgan fingerprint density at radius 2 is 2.07 bits per heavy atom. The molecule has 150 valence electrons. The van der Waals surface area contributed by atoms with E-state index in [1.54, 1.807) is 0 Å². The second-order valence-corrected chi connectivity index (χ2v) is 7.57. The second kappa shape index (κ2) is 7.61.